The zero-order chi connectivity index (χ0) is 14.8. The Hall–Kier alpha value is -2.01. The van der Waals surface area contributed by atoms with E-state index in [9.17, 15) is 8.78 Å². The smallest absolute Gasteiger partial charge is 0.198 e. The third kappa shape index (κ3) is 3.36. The molecule has 0 spiro atoms. The highest BCUT2D eigenvalue weighted by atomic mass is 19.1. The van der Waals surface area contributed by atoms with Crippen molar-refractivity contribution in [1.29, 1.82) is 0 Å². The third-order valence-electron chi connectivity index (χ3n) is 3.40. The normalized spacial score (nSPS) is 14.2. The lowest BCUT2D eigenvalue weighted by Gasteiger charge is -2.11. The highest BCUT2D eigenvalue weighted by Gasteiger charge is 2.21. The number of nitrogens with one attached hydrogen (secondary N) is 1. The van der Waals surface area contributed by atoms with Crippen LogP contribution in [-0.2, 0) is 6.54 Å². The van der Waals surface area contributed by atoms with Crippen molar-refractivity contribution in [2.75, 3.05) is 0 Å². The van der Waals surface area contributed by atoms with Gasteiger partial charge in [0.2, 0.25) is 0 Å². The second kappa shape index (κ2) is 5.77. The second-order valence-corrected chi connectivity index (χ2v) is 5.23. The Kier molecular flexibility index (Phi) is 3.84. The first-order valence-corrected chi connectivity index (χ1v) is 6.94. The quantitative estimate of drug-likeness (QED) is 0.911. The van der Waals surface area contributed by atoms with Gasteiger partial charge in [-0.25, -0.2) is 8.78 Å². The summed E-state index contributed by atoms with van der Waals surface area (Å²) in [6.07, 6.45) is 3.86. The lowest BCUT2D eigenvalue weighted by atomic mass is 10.2. The van der Waals surface area contributed by atoms with Crippen LogP contribution in [-0.4, -0.2) is 11.0 Å². The highest BCUT2D eigenvalue weighted by molar-refractivity contribution is 5.37. The number of halogens is 2. The van der Waals surface area contributed by atoms with Crippen LogP contribution < -0.4 is 10.1 Å². The summed E-state index contributed by atoms with van der Waals surface area (Å²) in [4.78, 5) is 4.03. The van der Waals surface area contributed by atoms with Crippen molar-refractivity contribution in [3.05, 3.63) is 53.4 Å². The van der Waals surface area contributed by atoms with Gasteiger partial charge in [0.25, 0.3) is 0 Å². The van der Waals surface area contributed by atoms with E-state index in [-0.39, 0.29) is 5.75 Å². The molecule has 0 saturated heterocycles. The largest absolute Gasteiger partial charge is 0.449 e. The van der Waals surface area contributed by atoms with Gasteiger partial charge in [0, 0.05) is 18.8 Å². The molecule has 1 aromatic heterocycles. The van der Waals surface area contributed by atoms with Gasteiger partial charge in [-0.15, -0.1) is 0 Å². The second-order valence-electron chi connectivity index (χ2n) is 5.23. The average Bonchev–Trinajstić information content (AvgIpc) is 3.26. The zero-order valence-corrected chi connectivity index (χ0v) is 11.7. The van der Waals surface area contributed by atoms with Crippen LogP contribution in [0.1, 0.15) is 24.1 Å². The van der Waals surface area contributed by atoms with E-state index >= 15 is 0 Å². The molecule has 0 radical (unpaired) electrons. The van der Waals surface area contributed by atoms with E-state index in [1.165, 1.54) is 12.1 Å². The lowest BCUT2D eigenvalue weighted by Crippen LogP contribution is -2.15. The molecule has 21 heavy (non-hydrogen) atoms. The molecule has 1 aliphatic carbocycles. The van der Waals surface area contributed by atoms with Crippen LogP contribution >= 0.6 is 0 Å². The first kappa shape index (κ1) is 13.9. The molecule has 1 saturated carbocycles. The molecule has 2 aromatic rings. The van der Waals surface area contributed by atoms with Crippen LogP contribution in [0.2, 0.25) is 0 Å². The molecule has 1 fully saturated rings. The summed E-state index contributed by atoms with van der Waals surface area (Å²) in [6.45, 7) is 2.18. The minimum atomic E-state index is -0.703. The van der Waals surface area contributed by atoms with E-state index in [2.05, 4.69) is 10.3 Å². The molecule has 0 atom stereocenters. The summed E-state index contributed by atoms with van der Waals surface area (Å²) < 4.78 is 33.4. The Morgan fingerprint density at radius 2 is 2.00 bits per heavy atom. The predicted molar refractivity (Wildman–Crippen MR) is 75.3 cm³/mol. The van der Waals surface area contributed by atoms with Gasteiger partial charge in [-0.2, -0.15) is 0 Å². The predicted octanol–water partition coefficient (Wildman–Crippen LogP) is 3.71. The minimum absolute atomic E-state index is 0.346. The number of pyridine rings is 1. The van der Waals surface area contributed by atoms with Crippen LogP contribution in [0.3, 0.4) is 0 Å². The van der Waals surface area contributed by atoms with Crippen molar-refractivity contribution in [2.24, 2.45) is 0 Å². The van der Waals surface area contributed by atoms with E-state index in [0.717, 1.165) is 12.8 Å². The highest BCUT2D eigenvalue weighted by Crippen LogP contribution is 2.30. The molecule has 5 heteroatoms. The SMILES string of the molecule is Cc1ncccc1Oc1c(F)cc(CNC2CC2)cc1F. The summed E-state index contributed by atoms with van der Waals surface area (Å²) in [5, 5.41) is 3.22. The molecule has 1 aromatic carbocycles. The molecule has 1 N–H and O–H groups in total. The van der Waals surface area contributed by atoms with E-state index in [1.807, 2.05) is 0 Å². The van der Waals surface area contributed by atoms with Gasteiger partial charge in [-0.3, -0.25) is 4.98 Å². The van der Waals surface area contributed by atoms with Gasteiger partial charge >= 0.3 is 0 Å². The Morgan fingerprint density at radius 1 is 1.29 bits per heavy atom. The van der Waals surface area contributed by atoms with Gasteiger partial charge < -0.3 is 10.1 Å². The van der Waals surface area contributed by atoms with Crippen molar-refractivity contribution in [1.82, 2.24) is 10.3 Å². The fraction of sp³-hybridized carbons (Fsp3) is 0.312. The molecular weight excluding hydrogens is 274 g/mol. The maximum atomic E-state index is 14.1. The van der Waals surface area contributed by atoms with Crippen LogP contribution in [0, 0.1) is 18.6 Å². The van der Waals surface area contributed by atoms with Crippen molar-refractivity contribution in [3.63, 3.8) is 0 Å². The van der Waals surface area contributed by atoms with Gasteiger partial charge in [-0.05, 0) is 49.6 Å². The number of hydrogen-bond acceptors (Lipinski definition) is 3. The van der Waals surface area contributed by atoms with E-state index in [1.54, 1.807) is 25.3 Å². The Balaban J connectivity index is 1.80. The third-order valence-corrected chi connectivity index (χ3v) is 3.40. The number of hydrogen-bond donors (Lipinski definition) is 1. The van der Waals surface area contributed by atoms with E-state index in [0.29, 0.717) is 29.6 Å². The first-order chi connectivity index (χ1) is 10.1. The summed E-state index contributed by atoms with van der Waals surface area (Å²) >= 11 is 0. The molecule has 0 amide bonds. The Labute approximate surface area is 122 Å². The van der Waals surface area contributed by atoms with Gasteiger partial charge in [0.1, 0.15) is 5.75 Å². The number of rotatable bonds is 5. The zero-order valence-electron chi connectivity index (χ0n) is 11.7. The van der Waals surface area contributed by atoms with Crippen LogP contribution in [0.15, 0.2) is 30.5 Å². The van der Waals surface area contributed by atoms with Crippen LogP contribution in [0.25, 0.3) is 0 Å². The average molecular weight is 290 g/mol. The first-order valence-electron chi connectivity index (χ1n) is 6.94. The minimum Gasteiger partial charge on any atom is -0.449 e. The molecule has 3 nitrogen and oxygen atoms in total. The van der Waals surface area contributed by atoms with Gasteiger partial charge in [0.05, 0.1) is 5.69 Å². The van der Waals surface area contributed by atoms with Gasteiger partial charge in [-0.1, -0.05) is 0 Å². The van der Waals surface area contributed by atoms with E-state index < -0.39 is 11.6 Å². The van der Waals surface area contributed by atoms with Crippen LogP contribution in [0.4, 0.5) is 8.78 Å². The molecular formula is C16H16F2N2O. The van der Waals surface area contributed by atoms with Crippen molar-refractivity contribution in [2.45, 2.75) is 32.4 Å². The fourth-order valence-corrected chi connectivity index (χ4v) is 2.05. The molecule has 0 unspecified atom stereocenters. The van der Waals surface area contributed by atoms with Gasteiger partial charge in [0.15, 0.2) is 17.4 Å². The maximum Gasteiger partial charge on any atom is 0.198 e. The number of ether oxygens (including phenoxy) is 1. The standard InChI is InChI=1S/C16H16F2N2O/c1-10-15(3-2-6-19-10)21-16-13(17)7-11(8-14(16)18)9-20-12-4-5-12/h2-3,6-8,12,20H,4-5,9H2,1H3. The molecule has 1 heterocycles. The lowest BCUT2D eigenvalue weighted by molar-refractivity contribution is 0.402. The monoisotopic (exact) mass is 290 g/mol. The maximum absolute atomic E-state index is 14.1. The van der Waals surface area contributed by atoms with Crippen LogP contribution in [0.5, 0.6) is 11.5 Å². The number of aryl methyl sites for hydroxylation is 1. The van der Waals surface area contributed by atoms with E-state index in [4.69, 9.17) is 4.74 Å². The molecule has 1 aliphatic rings. The summed E-state index contributed by atoms with van der Waals surface area (Å²) in [6, 6.07) is 6.39. The Bertz CT molecular complexity index is 633. The summed E-state index contributed by atoms with van der Waals surface area (Å²) in [5.41, 5.74) is 1.16. The molecule has 3 rings (SSSR count). The molecule has 0 bridgehead atoms. The number of benzene rings is 1. The number of nitrogens with zero attached hydrogens (tertiary/aromatic N) is 1. The summed E-state index contributed by atoms with van der Waals surface area (Å²) in [7, 11) is 0. The topological polar surface area (TPSA) is 34.1 Å². The summed E-state index contributed by atoms with van der Waals surface area (Å²) in [5.74, 6) is -1.45. The Morgan fingerprint density at radius 3 is 2.62 bits per heavy atom. The van der Waals surface area contributed by atoms with Crippen molar-refractivity contribution in [3.8, 4) is 11.5 Å². The molecule has 0 aliphatic heterocycles. The molecule has 110 valence electrons. The van der Waals surface area contributed by atoms with Crippen molar-refractivity contribution >= 4 is 0 Å². The fourth-order valence-electron chi connectivity index (χ4n) is 2.05. The number of aromatic nitrogens is 1. The van der Waals surface area contributed by atoms with Crippen molar-refractivity contribution < 1.29 is 13.5 Å².